The van der Waals surface area contributed by atoms with E-state index in [1.54, 1.807) is 13.8 Å². The Morgan fingerprint density at radius 3 is 1.97 bits per heavy atom. The summed E-state index contributed by atoms with van der Waals surface area (Å²) in [7, 11) is 0. The number of benzene rings is 1. The van der Waals surface area contributed by atoms with Gasteiger partial charge in [-0.2, -0.15) is 0 Å². The molecule has 1 aromatic rings. The molecule has 3 atom stereocenters. The van der Waals surface area contributed by atoms with Crippen LogP contribution in [0, 0.1) is 5.92 Å². The summed E-state index contributed by atoms with van der Waals surface area (Å²) in [5.74, 6) is -2.45. The van der Waals surface area contributed by atoms with Crippen LogP contribution < -0.4 is 14.8 Å². The highest BCUT2D eigenvalue weighted by Crippen LogP contribution is 2.32. The highest BCUT2D eigenvalue weighted by molar-refractivity contribution is 5.81. The molecule has 10 nitrogen and oxygen atoms in total. The van der Waals surface area contributed by atoms with Crippen molar-refractivity contribution in [2.45, 2.75) is 105 Å². The molecule has 0 aliphatic heterocycles. The van der Waals surface area contributed by atoms with Crippen molar-refractivity contribution in [1.82, 2.24) is 5.32 Å². The lowest BCUT2D eigenvalue weighted by molar-refractivity contribution is -0.168. The SMILES string of the molecule is CCCC(=O)Oc1ccc(C[C@](NC(C)CC)(OC(=O)OC(C)C(C)C)C(=O)O)cc1OC(=O)CCC. The van der Waals surface area contributed by atoms with E-state index in [-0.39, 0.29) is 42.7 Å². The molecule has 1 rings (SSSR count). The first-order chi connectivity index (χ1) is 17.4. The molecule has 0 aliphatic rings. The van der Waals surface area contributed by atoms with Gasteiger partial charge in [0.1, 0.15) is 6.10 Å². The zero-order valence-electron chi connectivity index (χ0n) is 22.9. The van der Waals surface area contributed by atoms with Gasteiger partial charge in [0.2, 0.25) is 0 Å². The number of aliphatic carboxylic acids is 1. The minimum Gasteiger partial charge on any atom is -0.477 e. The van der Waals surface area contributed by atoms with Gasteiger partial charge in [-0.1, -0.05) is 40.7 Å². The monoisotopic (exact) mass is 523 g/mol. The fourth-order valence-corrected chi connectivity index (χ4v) is 3.12. The number of hydrogen-bond donors (Lipinski definition) is 2. The van der Waals surface area contributed by atoms with Crippen molar-refractivity contribution in [2.75, 3.05) is 0 Å². The van der Waals surface area contributed by atoms with Gasteiger partial charge < -0.3 is 24.1 Å². The predicted molar refractivity (Wildman–Crippen MR) is 136 cm³/mol. The molecule has 0 spiro atoms. The van der Waals surface area contributed by atoms with E-state index in [0.29, 0.717) is 24.8 Å². The Labute approximate surface area is 219 Å². The number of nitrogens with one attached hydrogen (secondary N) is 1. The number of carbonyl (C=O) groups excluding carboxylic acids is 3. The van der Waals surface area contributed by atoms with Crippen LogP contribution in [0.1, 0.15) is 86.1 Å². The number of carboxylic acid groups (broad SMARTS) is 1. The third-order valence-electron chi connectivity index (χ3n) is 5.73. The summed E-state index contributed by atoms with van der Waals surface area (Å²) in [5, 5.41) is 13.1. The number of carbonyl (C=O) groups is 4. The van der Waals surface area contributed by atoms with Crippen molar-refractivity contribution < 1.29 is 43.2 Å². The summed E-state index contributed by atoms with van der Waals surface area (Å²) >= 11 is 0. The lowest BCUT2D eigenvalue weighted by Gasteiger charge is -2.33. The second kappa shape index (κ2) is 15.2. The van der Waals surface area contributed by atoms with Gasteiger partial charge in [0.05, 0.1) is 0 Å². The quantitative estimate of drug-likeness (QED) is 0.183. The maximum Gasteiger partial charge on any atom is 0.510 e. The van der Waals surface area contributed by atoms with E-state index in [1.165, 1.54) is 18.2 Å². The van der Waals surface area contributed by atoms with Gasteiger partial charge in [-0.15, -0.1) is 0 Å². The highest BCUT2D eigenvalue weighted by Gasteiger charge is 2.45. The topological polar surface area (TPSA) is 137 Å². The van der Waals surface area contributed by atoms with Crippen LogP contribution in [-0.2, 0) is 30.3 Å². The maximum atomic E-state index is 12.6. The van der Waals surface area contributed by atoms with E-state index < -0.39 is 35.9 Å². The lowest BCUT2D eigenvalue weighted by atomic mass is 10.00. The van der Waals surface area contributed by atoms with E-state index >= 15 is 0 Å². The highest BCUT2D eigenvalue weighted by atomic mass is 16.7. The third-order valence-corrected chi connectivity index (χ3v) is 5.73. The molecule has 208 valence electrons. The molecule has 0 saturated heterocycles. The van der Waals surface area contributed by atoms with Crippen LogP contribution in [0.4, 0.5) is 4.79 Å². The molecule has 0 saturated carbocycles. The Kier molecular flexibility index (Phi) is 13.1. The molecular weight excluding hydrogens is 482 g/mol. The second-order valence-corrected chi connectivity index (χ2v) is 9.41. The van der Waals surface area contributed by atoms with Gasteiger partial charge in [-0.05, 0) is 56.7 Å². The molecule has 0 fully saturated rings. The largest absolute Gasteiger partial charge is 0.510 e. The van der Waals surface area contributed by atoms with Crippen molar-refractivity contribution >= 4 is 24.1 Å². The van der Waals surface area contributed by atoms with Crippen molar-refractivity contribution in [3.63, 3.8) is 0 Å². The van der Waals surface area contributed by atoms with Crippen molar-refractivity contribution in [1.29, 1.82) is 0 Å². The number of ether oxygens (including phenoxy) is 4. The number of rotatable bonds is 15. The average molecular weight is 524 g/mol. The summed E-state index contributed by atoms with van der Waals surface area (Å²) in [6, 6.07) is 4.02. The standard InChI is InChI=1S/C27H41NO9/c1-8-11-23(29)35-21-14-13-20(15-22(21)36-24(30)12-9-2)16-27(25(31)32,28-18(6)10-3)37-26(33)34-19(7)17(4)5/h13-15,17-19,28H,8-12,16H2,1-7H3,(H,31,32)/t18?,19?,27-/m0/s1. The Bertz CT molecular complexity index is 930. The van der Waals surface area contributed by atoms with Crippen LogP contribution >= 0.6 is 0 Å². The first kappa shape index (κ1) is 31.9. The van der Waals surface area contributed by atoms with Crippen LogP contribution in [0.2, 0.25) is 0 Å². The summed E-state index contributed by atoms with van der Waals surface area (Å²) in [5.41, 5.74) is -1.81. The number of hydrogen-bond acceptors (Lipinski definition) is 9. The Hall–Kier alpha value is -3.14. The molecule has 0 radical (unpaired) electrons. The summed E-state index contributed by atoms with van der Waals surface area (Å²) in [4.78, 5) is 49.4. The lowest BCUT2D eigenvalue weighted by Crippen LogP contribution is -2.59. The fraction of sp³-hybridized carbons (Fsp3) is 0.630. The summed E-state index contributed by atoms with van der Waals surface area (Å²) < 4.78 is 21.5. The minimum absolute atomic E-state index is 0.00219. The van der Waals surface area contributed by atoms with E-state index in [4.69, 9.17) is 18.9 Å². The van der Waals surface area contributed by atoms with Crippen molar-refractivity contribution in [2.24, 2.45) is 5.92 Å². The molecule has 10 heteroatoms. The van der Waals surface area contributed by atoms with Gasteiger partial charge >= 0.3 is 24.1 Å². The molecular formula is C27H41NO9. The van der Waals surface area contributed by atoms with Gasteiger partial charge in [-0.3, -0.25) is 14.9 Å². The van der Waals surface area contributed by atoms with Gasteiger partial charge in [-0.25, -0.2) is 9.59 Å². The van der Waals surface area contributed by atoms with Crippen LogP contribution in [0.15, 0.2) is 18.2 Å². The molecule has 2 unspecified atom stereocenters. The fourth-order valence-electron chi connectivity index (χ4n) is 3.12. The third kappa shape index (κ3) is 10.4. The van der Waals surface area contributed by atoms with E-state index in [9.17, 15) is 24.3 Å². The normalized spacial score (nSPS) is 14.3. The Balaban J connectivity index is 3.42. The van der Waals surface area contributed by atoms with Crippen molar-refractivity contribution in [3.8, 4) is 11.5 Å². The second-order valence-electron chi connectivity index (χ2n) is 9.41. The van der Waals surface area contributed by atoms with Crippen LogP contribution in [0.25, 0.3) is 0 Å². The molecule has 1 aromatic carbocycles. The molecule has 0 aliphatic carbocycles. The average Bonchev–Trinajstić information content (AvgIpc) is 2.80. The minimum atomic E-state index is -2.17. The van der Waals surface area contributed by atoms with E-state index in [0.717, 1.165) is 0 Å². The zero-order chi connectivity index (χ0) is 28.2. The zero-order valence-corrected chi connectivity index (χ0v) is 22.9. The van der Waals surface area contributed by atoms with Crippen LogP contribution in [-0.4, -0.2) is 47.0 Å². The van der Waals surface area contributed by atoms with Crippen LogP contribution in [0.3, 0.4) is 0 Å². The van der Waals surface area contributed by atoms with Gasteiger partial charge in [0.15, 0.2) is 11.5 Å². The van der Waals surface area contributed by atoms with Gasteiger partial charge in [0.25, 0.3) is 5.72 Å². The first-order valence-corrected chi connectivity index (χ1v) is 12.8. The predicted octanol–water partition coefficient (Wildman–Crippen LogP) is 5.01. The number of carboxylic acids is 1. The van der Waals surface area contributed by atoms with E-state index in [2.05, 4.69) is 5.32 Å². The molecule has 0 amide bonds. The Morgan fingerprint density at radius 2 is 1.49 bits per heavy atom. The Morgan fingerprint density at radius 1 is 0.919 bits per heavy atom. The molecule has 37 heavy (non-hydrogen) atoms. The van der Waals surface area contributed by atoms with Crippen molar-refractivity contribution in [3.05, 3.63) is 23.8 Å². The molecule has 0 heterocycles. The summed E-state index contributed by atoms with van der Waals surface area (Å²) in [6.45, 7) is 12.7. The molecule has 0 aromatic heterocycles. The first-order valence-electron chi connectivity index (χ1n) is 12.8. The molecule has 2 N–H and O–H groups in total. The van der Waals surface area contributed by atoms with Crippen LogP contribution in [0.5, 0.6) is 11.5 Å². The van der Waals surface area contributed by atoms with Gasteiger partial charge in [0, 0.05) is 25.3 Å². The van der Waals surface area contributed by atoms with E-state index in [1.807, 2.05) is 34.6 Å². The smallest absolute Gasteiger partial charge is 0.477 e. The molecule has 0 bridgehead atoms. The number of esters is 2. The maximum absolute atomic E-state index is 12.6. The summed E-state index contributed by atoms with van der Waals surface area (Å²) in [6.07, 6.45) is 0.0624.